The maximum Gasteiger partial charge on any atom is 0.0346 e. The minimum atomic E-state index is 1.17. The fourth-order valence-electron chi connectivity index (χ4n) is 2.72. The van der Waals surface area contributed by atoms with Crippen molar-refractivity contribution in [2.24, 2.45) is 0 Å². The summed E-state index contributed by atoms with van der Waals surface area (Å²) in [6, 6.07) is 24.9. The molecule has 4 rings (SSSR count). The van der Waals surface area contributed by atoms with E-state index in [0.29, 0.717) is 0 Å². The van der Waals surface area contributed by atoms with E-state index in [-0.39, 0.29) is 0 Å². The number of aryl methyl sites for hydroxylation is 2. The van der Waals surface area contributed by atoms with E-state index in [0.717, 1.165) is 0 Å². The number of benzene rings is 2. The van der Waals surface area contributed by atoms with E-state index in [1.54, 1.807) is 12.4 Å². The van der Waals surface area contributed by atoms with Gasteiger partial charge in [0.2, 0.25) is 0 Å². The number of hydrogen-bond donors (Lipinski definition) is 0. The molecule has 0 aliphatic heterocycles. The van der Waals surface area contributed by atoms with Crippen molar-refractivity contribution in [1.29, 1.82) is 0 Å². The van der Waals surface area contributed by atoms with Gasteiger partial charge in [0, 0.05) is 24.8 Å². The third kappa shape index (κ3) is 4.87. The van der Waals surface area contributed by atoms with Gasteiger partial charge in [0.15, 0.2) is 0 Å². The van der Waals surface area contributed by atoms with Gasteiger partial charge in [0.1, 0.15) is 0 Å². The fourth-order valence-corrected chi connectivity index (χ4v) is 2.72. The Morgan fingerprint density at radius 2 is 0.923 bits per heavy atom. The summed E-state index contributed by atoms with van der Waals surface area (Å²) in [5, 5.41) is 0. The second-order valence-corrected chi connectivity index (χ2v) is 6.22. The molecule has 4 aromatic rings. The van der Waals surface area contributed by atoms with Gasteiger partial charge in [-0.15, -0.1) is 0 Å². The van der Waals surface area contributed by atoms with Crippen molar-refractivity contribution in [2.45, 2.75) is 13.8 Å². The second kappa shape index (κ2) is 8.72. The molecule has 0 atom stereocenters. The summed E-state index contributed by atoms with van der Waals surface area (Å²) in [6.45, 7) is 4.19. The number of hydrogen-bond acceptors (Lipinski definition) is 2. The van der Waals surface area contributed by atoms with Gasteiger partial charge in [-0.2, -0.15) is 0 Å². The molecule has 0 aliphatic carbocycles. The van der Waals surface area contributed by atoms with E-state index in [4.69, 9.17) is 0 Å². The van der Waals surface area contributed by atoms with Gasteiger partial charge >= 0.3 is 0 Å². The van der Waals surface area contributed by atoms with Crippen molar-refractivity contribution >= 4 is 0 Å². The Morgan fingerprint density at radius 3 is 1.27 bits per heavy atom. The smallest absolute Gasteiger partial charge is 0.0346 e. The first-order valence-corrected chi connectivity index (χ1v) is 8.66. The quantitative estimate of drug-likeness (QED) is 0.440. The van der Waals surface area contributed by atoms with Gasteiger partial charge < -0.3 is 0 Å². The lowest BCUT2D eigenvalue weighted by Gasteiger charge is -2.00. The molecule has 0 spiro atoms. The Morgan fingerprint density at radius 1 is 0.500 bits per heavy atom. The molecule has 26 heavy (non-hydrogen) atoms. The van der Waals surface area contributed by atoms with Crippen LogP contribution in [0.3, 0.4) is 0 Å². The molecular formula is C24H22N2. The molecule has 2 aromatic carbocycles. The van der Waals surface area contributed by atoms with Crippen LogP contribution in [0, 0.1) is 13.8 Å². The van der Waals surface area contributed by atoms with E-state index in [1.807, 2.05) is 24.5 Å². The zero-order valence-electron chi connectivity index (χ0n) is 15.1. The lowest BCUT2D eigenvalue weighted by Crippen LogP contribution is -1.79. The van der Waals surface area contributed by atoms with Crippen LogP contribution in [0.15, 0.2) is 97.6 Å². The molecule has 2 nitrogen and oxygen atoms in total. The van der Waals surface area contributed by atoms with E-state index >= 15 is 0 Å². The molecule has 0 amide bonds. The molecule has 0 aliphatic rings. The van der Waals surface area contributed by atoms with Gasteiger partial charge in [-0.3, -0.25) is 9.97 Å². The highest BCUT2D eigenvalue weighted by atomic mass is 14.6. The standard InChI is InChI=1S/2C12H11N/c2*1-10-4-2-5-11(8-10)12-6-3-7-13-9-12/h2*2-9H,1H3. The summed E-state index contributed by atoms with van der Waals surface area (Å²) in [4.78, 5) is 8.18. The normalized spacial score (nSPS) is 9.92. The third-order valence-electron chi connectivity index (χ3n) is 4.03. The Bertz CT molecular complexity index is 867. The topological polar surface area (TPSA) is 25.8 Å². The SMILES string of the molecule is Cc1cccc(-c2cccnc2)c1.Cc1cccc(-c2cccnc2)c1. The highest BCUT2D eigenvalue weighted by molar-refractivity contribution is 5.63. The van der Waals surface area contributed by atoms with Crippen molar-refractivity contribution < 1.29 is 0 Å². The summed E-state index contributed by atoms with van der Waals surface area (Å²) >= 11 is 0. The van der Waals surface area contributed by atoms with Crippen LogP contribution in [0.5, 0.6) is 0 Å². The number of aromatic nitrogens is 2. The number of pyridine rings is 2. The summed E-state index contributed by atoms with van der Waals surface area (Å²) in [5.74, 6) is 0. The van der Waals surface area contributed by atoms with E-state index in [9.17, 15) is 0 Å². The van der Waals surface area contributed by atoms with Gasteiger partial charge in [0.05, 0.1) is 0 Å². The van der Waals surface area contributed by atoms with Crippen LogP contribution in [0.25, 0.3) is 22.3 Å². The first kappa shape index (κ1) is 17.6. The van der Waals surface area contributed by atoms with Crippen molar-refractivity contribution in [3.05, 3.63) is 109 Å². The summed E-state index contributed by atoms with van der Waals surface area (Å²) in [7, 11) is 0. The third-order valence-corrected chi connectivity index (χ3v) is 4.03. The maximum atomic E-state index is 4.09. The van der Waals surface area contributed by atoms with E-state index < -0.39 is 0 Å². The van der Waals surface area contributed by atoms with Crippen molar-refractivity contribution in [3.63, 3.8) is 0 Å². The molecule has 2 heteroatoms. The first-order valence-electron chi connectivity index (χ1n) is 8.66. The van der Waals surface area contributed by atoms with Gasteiger partial charge in [-0.25, -0.2) is 0 Å². The molecule has 2 heterocycles. The molecule has 0 N–H and O–H groups in total. The van der Waals surface area contributed by atoms with Crippen LogP contribution in [-0.4, -0.2) is 9.97 Å². The molecule has 0 radical (unpaired) electrons. The predicted molar refractivity (Wildman–Crippen MR) is 109 cm³/mol. The summed E-state index contributed by atoms with van der Waals surface area (Å²) < 4.78 is 0. The zero-order valence-corrected chi connectivity index (χ0v) is 15.1. The van der Waals surface area contributed by atoms with Crippen LogP contribution < -0.4 is 0 Å². The highest BCUT2D eigenvalue weighted by Gasteiger charge is 1.96. The van der Waals surface area contributed by atoms with Gasteiger partial charge in [0.25, 0.3) is 0 Å². The average Bonchev–Trinajstić information content (AvgIpc) is 2.70. The van der Waals surface area contributed by atoms with Gasteiger partial charge in [-0.05, 0) is 48.2 Å². The monoisotopic (exact) mass is 338 g/mol. The molecule has 0 saturated carbocycles. The van der Waals surface area contributed by atoms with Crippen LogP contribution in [0.4, 0.5) is 0 Å². The molecule has 0 unspecified atom stereocenters. The maximum absolute atomic E-state index is 4.09. The number of nitrogens with zero attached hydrogens (tertiary/aromatic N) is 2. The molecule has 0 fully saturated rings. The molecular weight excluding hydrogens is 316 g/mol. The molecule has 2 aromatic heterocycles. The lowest BCUT2D eigenvalue weighted by atomic mass is 10.1. The van der Waals surface area contributed by atoms with Crippen molar-refractivity contribution in [2.75, 3.05) is 0 Å². The Hall–Kier alpha value is -3.26. The van der Waals surface area contributed by atoms with Crippen molar-refractivity contribution in [1.82, 2.24) is 9.97 Å². The predicted octanol–water partition coefficient (Wildman–Crippen LogP) is 6.11. The molecule has 0 bridgehead atoms. The van der Waals surface area contributed by atoms with E-state index in [2.05, 4.69) is 84.5 Å². The van der Waals surface area contributed by atoms with Crippen LogP contribution >= 0.6 is 0 Å². The second-order valence-electron chi connectivity index (χ2n) is 6.22. The zero-order chi connectivity index (χ0) is 18.2. The van der Waals surface area contributed by atoms with Crippen LogP contribution in [0.1, 0.15) is 11.1 Å². The summed E-state index contributed by atoms with van der Waals surface area (Å²) in [6.07, 6.45) is 7.35. The largest absolute Gasteiger partial charge is 0.264 e. The molecule has 0 saturated heterocycles. The highest BCUT2D eigenvalue weighted by Crippen LogP contribution is 2.19. The van der Waals surface area contributed by atoms with Crippen LogP contribution in [0.2, 0.25) is 0 Å². The summed E-state index contributed by atoms with van der Waals surface area (Å²) in [5.41, 5.74) is 7.36. The van der Waals surface area contributed by atoms with Gasteiger partial charge in [-0.1, -0.05) is 71.8 Å². The minimum absolute atomic E-state index is 1.17. The minimum Gasteiger partial charge on any atom is -0.264 e. The fraction of sp³-hybridized carbons (Fsp3) is 0.0833. The van der Waals surface area contributed by atoms with Crippen LogP contribution in [-0.2, 0) is 0 Å². The Balaban J connectivity index is 0.000000151. The molecule has 128 valence electrons. The Kier molecular flexibility index (Phi) is 5.89. The van der Waals surface area contributed by atoms with Crippen molar-refractivity contribution in [3.8, 4) is 22.3 Å². The Labute approximate surface area is 155 Å². The lowest BCUT2D eigenvalue weighted by molar-refractivity contribution is 1.33. The van der Waals surface area contributed by atoms with E-state index in [1.165, 1.54) is 33.4 Å². The first-order chi connectivity index (χ1) is 12.7. The number of rotatable bonds is 2. The average molecular weight is 338 g/mol.